The first-order valence-electron chi connectivity index (χ1n) is 9.98. The number of hydrogen-bond donors (Lipinski definition) is 2. The minimum absolute atomic E-state index is 0.0305. The van der Waals surface area contributed by atoms with E-state index in [-0.39, 0.29) is 22.6 Å². The van der Waals surface area contributed by atoms with Crippen molar-refractivity contribution in [3.05, 3.63) is 102 Å². The van der Waals surface area contributed by atoms with Crippen molar-refractivity contribution in [1.82, 2.24) is 0 Å². The van der Waals surface area contributed by atoms with E-state index < -0.39 is 28.2 Å². The number of thioether (sulfide) groups is 1. The van der Waals surface area contributed by atoms with Gasteiger partial charge in [0.05, 0.1) is 11.3 Å². The van der Waals surface area contributed by atoms with Crippen molar-refractivity contribution < 1.29 is 24.6 Å². The minimum atomic E-state index is -2.00. The lowest BCUT2D eigenvalue weighted by Gasteiger charge is -2.32. The Morgan fingerprint density at radius 2 is 1.45 bits per heavy atom. The fourth-order valence-electron chi connectivity index (χ4n) is 3.94. The maximum absolute atomic E-state index is 13.5. The first-order valence-corrected chi connectivity index (χ1v) is 10.8. The van der Waals surface area contributed by atoms with Crippen molar-refractivity contribution in [2.75, 3.05) is 4.90 Å². The summed E-state index contributed by atoms with van der Waals surface area (Å²) < 4.78 is 0. The molecule has 0 radical (unpaired) electrons. The molecule has 0 bridgehead atoms. The lowest BCUT2D eigenvalue weighted by Crippen LogP contribution is -2.48. The molecule has 5 rings (SSSR count). The molecular weight excluding hydrogens is 440 g/mol. The van der Waals surface area contributed by atoms with Crippen molar-refractivity contribution in [1.29, 1.82) is 0 Å². The van der Waals surface area contributed by atoms with Crippen molar-refractivity contribution in [3.8, 4) is 5.75 Å². The molecule has 3 aromatic rings. The van der Waals surface area contributed by atoms with Gasteiger partial charge >= 0.3 is 5.91 Å². The average Bonchev–Trinajstić information content (AvgIpc) is 3.29. The summed E-state index contributed by atoms with van der Waals surface area (Å²) >= 11 is 0.888. The van der Waals surface area contributed by atoms with Gasteiger partial charge in [0.15, 0.2) is 0 Å². The van der Waals surface area contributed by atoms with Gasteiger partial charge in [0.2, 0.25) is 4.87 Å². The molecule has 2 amide bonds. The number of aliphatic hydroxyl groups is 1. The normalized spacial score (nSPS) is 21.6. The quantitative estimate of drug-likeness (QED) is 0.354. The molecule has 33 heavy (non-hydrogen) atoms. The maximum Gasteiger partial charge on any atom is 0.301 e. The SMILES string of the molecule is O=C1C(=O)N(c2ccccc2O)C2(SC(c3ccccc3)=NC2=O)/C1=C(\O)c1ccccc1. The topological polar surface area (TPSA) is 107 Å². The number of phenols is 1. The van der Waals surface area contributed by atoms with Gasteiger partial charge in [0.25, 0.3) is 11.7 Å². The zero-order chi connectivity index (χ0) is 23.2. The summed E-state index contributed by atoms with van der Waals surface area (Å²) in [6.07, 6.45) is 0. The van der Waals surface area contributed by atoms with Crippen LogP contribution in [-0.4, -0.2) is 37.7 Å². The molecule has 2 N–H and O–H groups in total. The van der Waals surface area contributed by atoms with Crippen LogP contribution in [0.5, 0.6) is 5.75 Å². The van der Waals surface area contributed by atoms with Crippen LogP contribution >= 0.6 is 11.8 Å². The number of carbonyl (C=O) groups is 3. The molecule has 1 saturated heterocycles. The molecule has 0 aromatic heterocycles. The van der Waals surface area contributed by atoms with Gasteiger partial charge in [0.1, 0.15) is 16.6 Å². The number of anilines is 1. The zero-order valence-corrected chi connectivity index (χ0v) is 17.8. The fraction of sp³-hybridized carbons (Fsp3) is 0.0400. The summed E-state index contributed by atoms with van der Waals surface area (Å²) in [4.78, 5) is 43.1. The average molecular weight is 456 g/mol. The first kappa shape index (κ1) is 20.7. The number of ketones is 1. The van der Waals surface area contributed by atoms with Crippen molar-refractivity contribution in [3.63, 3.8) is 0 Å². The summed E-state index contributed by atoms with van der Waals surface area (Å²) in [7, 11) is 0. The molecule has 0 saturated carbocycles. The molecule has 2 aliphatic rings. The van der Waals surface area contributed by atoms with Crippen molar-refractivity contribution in [2.45, 2.75) is 4.87 Å². The summed E-state index contributed by atoms with van der Waals surface area (Å²) in [6, 6.07) is 23.0. The Bertz CT molecular complexity index is 1370. The van der Waals surface area contributed by atoms with Gasteiger partial charge in [-0.25, -0.2) is 4.99 Å². The number of Topliss-reactive ketones (excluding diaryl/α,β-unsaturated/α-hetero) is 1. The predicted octanol–water partition coefficient (Wildman–Crippen LogP) is 3.69. The number of hydrogen-bond acceptors (Lipinski definition) is 6. The molecule has 3 aromatic carbocycles. The number of aliphatic imine (C=N–C) groups is 1. The van der Waals surface area contributed by atoms with Crippen LogP contribution in [0.3, 0.4) is 0 Å². The van der Waals surface area contributed by atoms with E-state index in [1.165, 1.54) is 12.1 Å². The van der Waals surface area contributed by atoms with Gasteiger partial charge in [-0.3, -0.25) is 19.3 Å². The molecule has 2 aliphatic heterocycles. The second-order valence-corrected chi connectivity index (χ2v) is 8.56. The van der Waals surface area contributed by atoms with E-state index in [1.54, 1.807) is 66.7 Å². The largest absolute Gasteiger partial charge is 0.507 e. The molecule has 2 heterocycles. The molecular formula is C25H16N2O5S. The van der Waals surface area contributed by atoms with Crippen LogP contribution < -0.4 is 4.90 Å². The summed E-state index contributed by atoms with van der Waals surface area (Å²) in [5, 5.41) is 21.9. The number of para-hydroxylation sites is 2. The number of aliphatic hydroxyl groups excluding tert-OH is 1. The summed E-state index contributed by atoms with van der Waals surface area (Å²) in [6.45, 7) is 0. The molecule has 1 fully saturated rings. The Morgan fingerprint density at radius 1 is 0.848 bits per heavy atom. The molecule has 0 aliphatic carbocycles. The maximum atomic E-state index is 13.5. The van der Waals surface area contributed by atoms with E-state index in [4.69, 9.17) is 0 Å². The van der Waals surface area contributed by atoms with Gasteiger partial charge in [-0.1, -0.05) is 84.6 Å². The molecule has 7 nitrogen and oxygen atoms in total. The fourth-order valence-corrected chi connectivity index (χ4v) is 5.29. The van der Waals surface area contributed by atoms with Crippen LogP contribution in [0.4, 0.5) is 5.69 Å². The predicted molar refractivity (Wildman–Crippen MR) is 125 cm³/mol. The van der Waals surface area contributed by atoms with Crippen LogP contribution in [0.2, 0.25) is 0 Å². The van der Waals surface area contributed by atoms with Crippen molar-refractivity contribution in [2.24, 2.45) is 4.99 Å². The van der Waals surface area contributed by atoms with Crippen LogP contribution in [0, 0.1) is 0 Å². The highest BCUT2D eigenvalue weighted by Gasteiger charge is 2.66. The number of aromatic hydroxyl groups is 1. The van der Waals surface area contributed by atoms with Crippen LogP contribution in [-0.2, 0) is 14.4 Å². The number of carbonyl (C=O) groups excluding carboxylic acids is 3. The standard InChI is InChI=1S/C25H16N2O5S/c28-18-14-8-7-13-17(18)27-23(31)21(30)19(20(29)15-9-3-1-4-10-15)25(27)24(32)26-22(33-25)16-11-5-2-6-12-16/h1-14,28-29H/b20-19-. The van der Waals surface area contributed by atoms with E-state index in [1.807, 2.05) is 6.07 Å². The van der Waals surface area contributed by atoms with Gasteiger partial charge in [-0.2, -0.15) is 0 Å². The van der Waals surface area contributed by atoms with Gasteiger partial charge < -0.3 is 10.2 Å². The third-order valence-corrected chi connectivity index (χ3v) is 6.82. The number of benzene rings is 3. The second kappa shape index (κ2) is 7.75. The van der Waals surface area contributed by atoms with E-state index in [2.05, 4.69) is 4.99 Å². The van der Waals surface area contributed by atoms with E-state index in [0.29, 0.717) is 10.6 Å². The van der Waals surface area contributed by atoms with E-state index in [0.717, 1.165) is 16.7 Å². The first-order chi connectivity index (χ1) is 15.9. The lowest BCUT2D eigenvalue weighted by atomic mass is 9.99. The Morgan fingerprint density at radius 3 is 2.12 bits per heavy atom. The zero-order valence-electron chi connectivity index (χ0n) is 17.0. The highest BCUT2D eigenvalue weighted by Crippen LogP contribution is 2.53. The van der Waals surface area contributed by atoms with Gasteiger partial charge in [-0.15, -0.1) is 0 Å². The number of phenolic OH excluding ortho intramolecular Hbond substituents is 1. The summed E-state index contributed by atoms with van der Waals surface area (Å²) in [5.41, 5.74) is 0.479. The van der Waals surface area contributed by atoms with Crippen LogP contribution in [0.25, 0.3) is 5.76 Å². The number of nitrogens with zero attached hydrogens (tertiary/aromatic N) is 2. The monoisotopic (exact) mass is 456 g/mol. The molecule has 8 heteroatoms. The Hall–Kier alpha value is -4.17. The Balaban J connectivity index is 1.78. The molecule has 1 atom stereocenters. The van der Waals surface area contributed by atoms with Crippen molar-refractivity contribution >= 4 is 45.8 Å². The molecule has 1 unspecified atom stereocenters. The lowest BCUT2D eigenvalue weighted by molar-refractivity contribution is -0.132. The molecule has 1 spiro atoms. The smallest absolute Gasteiger partial charge is 0.301 e. The summed E-state index contributed by atoms with van der Waals surface area (Å²) in [5.74, 6) is -3.66. The van der Waals surface area contributed by atoms with Crippen LogP contribution in [0.15, 0.2) is 95.5 Å². The Kier molecular flexibility index (Phi) is 4.87. The number of amides is 2. The third-order valence-electron chi connectivity index (χ3n) is 5.44. The Labute approximate surface area is 192 Å². The van der Waals surface area contributed by atoms with Crippen LogP contribution in [0.1, 0.15) is 11.1 Å². The van der Waals surface area contributed by atoms with E-state index in [9.17, 15) is 24.6 Å². The highest BCUT2D eigenvalue weighted by molar-refractivity contribution is 8.17. The molecule has 162 valence electrons. The van der Waals surface area contributed by atoms with E-state index >= 15 is 0 Å². The second-order valence-electron chi connectivity index (χ2n) is 7.38. The minimum Gasteiger partial charge on any atom is -0.507 e. The number of rotatable bonds is 3. The highest BCUT2D eigenvalue weighted by atomic mass is 32.2. The van der Waals surface area contributed by atoms with Gasteiger partial charge in [-0.05, 0) is 12.1 Å². The third kappa shape index (κ3) is 3.07. The van der Waals surface area contributed by atoms with Gasteiger partial charge in [0, 0.05) is 11.1 Å².